The molecule has 126 valence electrons. The largest absolute Gasteiger partial charge is 0.423 e. The van der Waals surface area contributed by atoms with E-state index in [2.05, 4.69) is 30.1 Å². The summed E-state index contributed by atoms with van der Waals surface area (Å²) in [7, 11) is 2.02. The van der Waals surface area contributed by atoms with Crippen molar-refractivity contribution in [1.29, 1.82) is 0 Å². The predicted octanol–water partition coefficient (Wildman–Crippen LogP) is 1.90. The number of fused-ring (bicyclic) bond motifs is 2. The van der Waals surface area contributed by atoms with Crippen LogP contribution in [0.25, 0.3) is 16.7 Å². The van der Waals surface area contributed by atoms with Gasteiger partial charge in [-0.25, -0.2) is 0 Å². The fourth-order valence-corrected chi connectivity index (χ4v) is 3.11. The van der Waals surface area contributed by atoms with Crippen molar-refractivity contribution in [2.45, 2.75) is 13.0 Å². The van der Waals surface area contributed by atoms with E-state index < -0.39 is 0 Å². The molecular weight excluding hydrogens is 318 g/mol. The molecule has 0 bridgehead atoms. The molecule has 25 heavy (non-hydrogen) atoms. The number of hydrogen-bond acceptors (Lipinski definition) is 7. The van der Waals surface area contributed by atoms with Gasteiger partial charge in [-0.1, -0.05) is 12.1 Å². The van der Waals surface area contributed by atoms with Gasteiger partial charge in [-0.2, -0.15) is 9.50 Å². The van der Waals surface area contributed by atoms with E-state index in [0.717, 1.165) is 41.5 Å². The first-order chi connectivity index (χ1) is 12.2. The van der Waals surface area contributed by atoms with E-state index in [4.69, 9.17) is 4.42 Å². The molecule has 3 aromatic heterocycles. The summed E-state index contributed by atoms with van der Waals surface area (Å²) in [5, 5.41) is 12.7. The van der Waals surface area contributed by atoms with E-state index >= 15 is 0 Å². The van der Waals surface area contributed by atoms with Crippen molar-refractivity contribution >= 4 is 28.6 Å². The summed E-state index contributed by atoms with van der Waals surface area (Å²) in [5.74, 6) is 1.72. The third-order valence-corrected chi connectivity index (χ3v) is 4.72. The van der Waals surface area contributed by atoms with Crippen LogP contribution in [0.5, 0.6) is 0 Å². The Bertz CT molecular complexity index is 1030. The molecule has 1 aromatic carbocycles. The number of para-hydroxylation sites is 2. The van der Waals surface area contributed by atoms with Crippen LogP contribution in [-0.4, -0.2) is 51.0 Å². The molecular formula is C17H17N7O. The second-order valence-corrected chi connectivity index (χ2v) is 6.34. The summed E-state index contributed by atoms with van der Waals surface area (Å²) in [5.41, 5.74) is 2.47. The van der Waals surface area contributed by atoms with Crippen molar-refractivity contribution in [2.75, 3.05) is 29.9 Å². The summed E-state index contributed by atoms with van der Waals surface area (Å²) in [6, 6.07) is 12.7. The Kier molecular flexibility index (Phi) is 2.94. The summed E-state index contributed by atoms with van der Waals surface area (Å²) < 4.78 is 7.62. The van der Waals surface area contributed by atoms with Gasteiger partial charge in [0.25, 0.3) is 6.01 Å². The van der Waals surface area contributed by atoms with E-state index in [9.17, 15) is 0 Å². The number of oxazole rings is 1. The van der Waals surface area contributed by atoms with Crippen LogP contribution >= 0.6 is 0 Å². The number of aryl methyl sites for hydroxylation is 1. The molecule has 0 atom stereocenters. The molecule has 0 unspecified atom stereocenters. The van der Waals surface area contributed by atoms with Crippen molar-refractivity contribution in [3.05, 3.63) is 42.2 Å². The Morgan fingerprint density at radius 1 is 1.12 bits per heavy atom. The van der Waals surface area contributed by atoms with Gasteiger partial charge in [0.1, 0.15) is 11.3 Å². The maximum atomic E-state index is 5.85. The molecule has 8 nitrogen and oxygen atoms in total. The Morgan fingerprint density at radius 3 is 2.80 bits per heavy atom. The van der Waals surface area contributed by atoms with Gasteiger partial charge in [-0.15, -0.1) is 15.3 Å². The van der Waals surface area contributed by atoms with Crippen molar-refractivity contribution in [3.8, 4) is 0 Å². The van der Waals surface area contributed by atoms with E-state index in [-0.39, 0.29) is 0 Å². The van der Waals surface area contributed by atoms with E-state index in [1.807, 2.05) is 50.4 Å². The fraction of sp³-hybridized carbons (Fsp3) is 0.294. The molecule has 0 spiro atoms. The third kappa shape index (κ3) is 2.21. The van der Waals surface area contributed by atoms with E-state index in [1.165, 1.54) is 0 Å². The summed E-state index contributed by atoms with van der Waals surface area (Å²) in [6.45, 7) is 3.64. The quantitative estimate of drug-likeness (QED) is 0.566. The van der Waals surface area contributed by atoms with Crippen LogP contribution in [0.15, 0.2) is 40.8 Å². The first-order valence-electron chi connectivity index (χ1n) is 8.21. The summed E-state index contributed by atoms with van der Waals surface area (Å²) in [6.07, 6.45) is 0. The van der Waals surface area contributed by atoms with Gasteiger partial charge in [-0.05, 0) is 31.2 Å². The van der Waals surface area contributed by atoms with E-state index in [0.29, 0.717) is 12.1 Å². The topological polar surface area (TPSA) is 75.6 Å². The van der Waals surface area contributed by atoms with E-state index in [1.54, 1.807) is 4.52 Å². The monoisotopic (exact) mass is 335 g/mol. The molecule has 0 saturated carbocycles. The average molecular weight is 335 g/mol. The standard InChI is InChI=1S/C17H17N7O/c1-11-19-20-15-7-8-16(21-24(11)15)23-9-12(10-23)22(2)17-18-13-5-3-4-6-14(13)25-17/h3-8,12H,9-10H2,1-2H3. The molecule has 5 rings (SSSR count). The van der Waals surface area contributed by atoms with Gasteiger partial charge in [0.2, 0.25) is 0 Å². The Hall–Kier alpha value is -3.16. The highest BCUT2D eigenvalue weighted by molar-refractivity contribution is 5.74. The smallest absolute Gasteiger partial charge is 0.298 e. The van der Waals surface area contributed by atoms with Crippen LogP contribution in [0.1, 0.15) is 5.82 Å². The maximum absolute atomic E-state index is 5.85. The van der Waals surface area contributed by atoms with Crippen LogP contribution in [-0.2, 0) is 0 Å². The SMILES string of the molecule is Cc1nnc2ccc(N3CC(N(C)c4nc5ccccc5o4)C3)nn12. The molecule has 1 fully saturated rings. The van der Waals surface area contributed by atoms with Crippen molar-refractivity contribution in [2.24, 2.45) is 0 Å². The van der Waals surface area contributed by atoms with Crippen LogP contribution < -0.4 is 9.80 Å². The van der Waals surface area contributed by atoms with Gasteiger partial charge in [0.05, 0.1) is 6.04 Å². The molecule has 0 radical (unpaired) electrons. The molecule has 0 aliphatic carbocycles. The van der Waals surface area contributed by atoms with Crippen LogP contribution in [0.4, 0.5) is 11.8 Å². The second-order valence-electron chi connectivity index (χ2n) is 6.34. The molecule has 1 saturated heterocycles. The van der Waals surface area contributed by atoms with Crippen molar-refractivity contribution in [1.82, 2.24) is 24.8 Å². The maximum Gasteiger partial charge on any atom is 0.298 e. The lowest BCUT2D eigenvalue weighted by atomic mass is 10.1. The zero-order valence-electron chi connectivity index (χ0n) is 14.0. The lowest BCUT2D eigenvalue weighted by molar-refractivity contribution is 0.456. The molecule has 0 N–H and O–H groups in total. The molecule has 8 heteroatoms. The average Bonchev–Trinajstić information content (AvgIpc) is 3.17. The van der Waals surface area contributed by atoms with Crippen LogP contribution in [0.3, 0.4) is 0 Å². The molecule has 4 aromatic rings. The molecule has 1 aliphatic heterocycles. The number of benzene rings is 1. The zero-order chi connectivity index (χ0) is 17.0. The molecule has 0 amide bonds. The van der Waals surface area contributed by atoms with Gasteiger partial charge >= 0.3 is 0 Å². The van der Waals surface area contributed by atoms with Gasteiger partial charge < -0.3 is 14.2 Å². The number of likely N-dealkylation sites (N-methyl/N-ethyl adjacent to an activating group) is 1. The minimum absolute atomic E-state index is 0.340. The van der Waals surface area contributed by atoms with Gasteiger partial charge in [-0.3, -0.25) is 0 Å². The highest BCUT2D eigenvalue weighted by Gasteiger charge is 2.33. The van der Waals surface area contributed by atoms with Crippen molar-refractivity contribution in [3.63, 3.8) is 0 Å². The summed E-state index contributed by atoms with van der Waals surface area (Å²) in [4.78, 5) is 8.88. The lowest BCUT2D eigenvalue weighted by Crippen LogP contribution is -2.59. The van der Waals surface area contributed by atoms with Gasteiger partial charge in [0, 0.05) is 20.1 Å². The van der Waals surface area contributed by atoms with Crippen LogP contribution in [0.2, 0.25) is 0 Å². The Morgan fingerprint density at radius 2 is 1.96 bits per heavy atom. The first-order valence-corrected chi connectivity index (χ1v) is 8.21. The minimum atomic E-state index is 0.340. The van der Waals surface area contributed by atoms with Crippen molar-refractivity contribution < 1.29 is 4.42 Å². The second kappa shape index (κ2) is 5.17. The highest BCUT2D eigenvalue weighted by atomic mass is 16.4. The fourth-order valence-electron chi connectivity index (χ4n) is 3.11. The Labute approximate surface area is 143 Å². The number of aromatic nitrogens is 5. The zero-order valence-corrected chi connectivity index (χ0v) is 14.0. The number of anilines is 2. The third-order valence-electron chi connectivity index (χ3n) is 4.72. The first kappa shape index (κ1) is 14.2. The number of hydrogen-bond donors (Lipinski definition) is 0. The number of nitrogens with zero attached hydrogens (tertiary/aromatic N) is 7. The lowest BCUT2D eigenvalue weighted by Gasteiger charge is -2.43. The summed E-state index contributed by atoms with van der Waals surface area (Å²) >= 11 is 0. The Balaban J connectivity index is 1.33. The molecule has 4 heterocycles. The minimum Gasteiger partial charge on any atom is -0.423 e. The van der Waals surface area contributed by atoms with Crippen LogP contribution in [0, 0.1) is 6.92 Å². The highest BCUT2D eigenvalue weighted by Crippen LogP contribution is 2.27. The molecule has 1 aliphatic rings. The predicted molar refractivity (Wildman–Crippen MR) is 93.9 cm³/mol. The van der Waals surface area contributed by atoms with Gasteiger partial charge in [0.15, 0.2) is 17.1 Å². The number of rotatable bonds is 3. The normalized spacial score (nSPS) is 15.0.